The second-order valence-electron chi connectivity index (χ2n) is 8.02. The van der Waals surface area contributed by atoms with Gasteiger partial charge in [0.2, 0.25) is 15.9 Å². The summed E-state index contributed by atoms with van der Waals surface area (Å²) in [6.45, 7) is -0.434. The second-order valence-corrected chi connectivity index (χ2v) is 9.73. The third-order valence-corrected chi connectivity index (χ3v) is 6.79. The molecule has 3 rings (SSSR count). The number of benzene rings is 3. The molecule has 37 heavy (non-hydrogen) atoms. The van der Waals surface area contributed by atoms with Gasteiger partial charge in [0.05, 0.1) is 10.9 Å². The second kappa shape index (κ2) is 12.7. The molecule has 0 bridgehead atoms. The Balaban J connectivity index is 1.85. The number of rotatable bonds is 13. The van der Waals surface area contributed by atoms with Gasteiger partial charge in [0.1, 0.15) is 11.3 Å². The van der Waals surface area contributed by atoms with Crippen molar-refractivity contribution in [2.24, 2.45) is 0 Å². The van der Waals surface area contributed by atoms with Gasteiger partial charge in [0.25, 0.3) is 0 Å². The van der Waals surface area contributed by atoms with E-state index in [4.69, 9.17) is 9.84 Å². The molecule has 0 spiro atoms. The predicted molar refractivity (Wildman–Crippen MR) is 134 cm³/mol. The van der Waals surface area contributed by atoms with Crippen molar-refractivity contribution in [2.45, 2.75) is 23.8 Å². The summed E-state index contributed by atoms with van der Waals surface area (Å²) in [5.41, 5.74) is 0.845. The van der Waals surface area contributed by atoms with E-state index >= 15 is 0 Å². The van der Waals surface area contributed by atoms with E-state index < -0.39 is 40.5 Å². The Hall–Kier alpha value is -4.22. The van der Waals surface area contributed by atoms with E-state index in [9.17, 15) is 27.9 Å². The maximum absolute atomic E-state index is 13.0. The lowest BCUT2D eigenvalue weighted by atomic mass is 10.0. The topological polar surface area (TPSA) is 159 Å². The van der Waals surface area contributed by atoms with E-state index in [1.165, 1.54) is 24.3 Å². The van der Waals surface area contributed by atoms with Gasteiger partial charge in [-0.05, 0) is 41.8 Å². The molecule has 0 aromatic heterocycles. The maximum atomic E-state index is 13.0. The highest BCUT2D eigenvalue weighted by Gasteiger charge is 2.25. The van der Waals surface area contributed by atoms with Gasteiger partial charge >= 0.3 is 11.9 Å². The molecule has 4 N–H and O–H groups in total. The number of amides is 1. The fourth-order valence-corrected chi connectivity index (χ4v) is 4.77. The number of aliphatic carboxylic acids is 1. The van der Waals surface area contributed by atoms with Crippen LogP contribution in [0.25, 0.3) is 0 Å². The number of carbonyl (C=O) groups excluding carboxylic acids is 1. The first-order chi connectivity index (χ1) is 17.7. The molecule has 1 amide bonds. The summed E-state index contributed by atoms with van der Waals surface area (Å²) >= 11 is 0. The molecule has 11 heteroatoms. The molecule has 1 unspecified atom stereocenters. The van der Waals surface area contributed by atoms with Crippen molar-refractivity contribution in [3.05, 3.63) is 95.6 Å². The van der Waals surface area contributed by atoms with Gasteiger partial charge in [-0.25, -0.2) is 22.7 Å². The Morgan fingerprint density at radius 1 is 0.892 bits per heavy atom. The lowest BCUT2D eigenvalue weighted by Gasteiger charge is -2.20. The number of carboxylic acids is 2. The van der Waals surface area contributed by atoms with Crippen LogP contribution in [0, 0.1) is 0 Å². The highest BCUT2D eigenvalue weighted by Crippen LogP contribution is 2.27. The fraction of sp³-hybridized carbons (Fsp3) is 0.192. The number of aromatic carboxylic acids is 1. The van der Waals surface area contributed by atoms with Crippen LogP contribution in [-0.4, -0.2) is 49.6 Å². The van der Waals surface area contributed by atoms with Gasteiger partial charge in [-0.3, -0.25) is 4.79 Å². The maximum Gasteiger partial charge on any atom is 0.341 e. The summed E-state index contributed by atoms with van der Waals surface area (Å²) in [4.78, 5) is 35.4. The summed E-state index contributed by atoms with van der Waals surface area (Å²) in [7, 11) is -4.07. The molecular formula is C26H26N2O8S. The van der Waals surface area contributed by atoms with E-state index in [-0.39, 0.29) is 28.2 Å². The Morgan fingerprint density at radius 3 is 2.16 bits per heavy atom. The van der Waals surface area contributed by atoms with Crippen LogP contribution in [0.2, 0.25) is 0 Å². The number of carbonyl (C=O) groups is 3. The van der Waals surface area contributed by atoms with Crippen molar-refractivity contribution in [3.8, 4) is 5.75 Å². The van der Waals surface area contributed by atoms with Crippen LogP contribution in [0.3, 0.4) is 0 Å². The zero-order valence-corrected chi connectivity index (χ0v) is 20.5. The molecule has 3 aromatic rings. The van der Waals surface area contributed by atoms with Crippen molar-refractivity contribution in [1.82, 2.24) is 10.0 Å². The minimum atomic E-state index is -4.07. The summed E-state index contributed by atoms with van der Waals surface area (Å²) in [5, 5.41) is 21.2. The zero-order valence-electron chi connectivity index (χ0n) is 19.7. The molecule has 0 saturated heterocycles. The number of nitrogens with one attached hydrogen (secondary N) is 2. The third kappa shape index (κ3) is 8.16. The van der Waals surface area contributed by atoms with Crippen molar-refractivity contribution >= 4 is 27.9 Å². The minimum Gasteiger partial charge on any atom is -0.481 e. The molecule has 10 nitrogen and oxygen atoms in total. The Morgan fingerprint density at radius 2 is 1.54 bits per heavy atom. The number of hydrogen-bond acceptors (Lipinski definition) is 6. The quantitative estimate of drug-likeness (QED) is 0.264. The van der Waals surface area contributed by atoms with Gasteiger partial charge in [0, 0.05) is 13.0 Å². The lowest BCUT2D eigenvalue weighted by Crippen LogP contribution is -2.34. The number of carboxylic acid groups (broad SMARTS) is 2. The Labute approximate surface area is 214 Å². The zero-order chi connectivity index (χ0) is 26.8. The summed E-state index contributed by atoms with van der Waals surface area (Å²) in [6.07, 6.45) is 0.265. The number of sulfonamides is 1. The molecule has 0 radical (unpaired) electrons. The standard InChI is InChI=1S/C26H26N2O8S/c29-24(27-14-13-18-7-3-1-4-8-18)16-22(28-37(34,35)20-9-5-2-6-10-20)19-11-12-23(36-17-25(30)31)21(15-19)26(32)33/h1-12,15,22,28H,13-14,16-17H2,(H,27,29)(H,30,31)(H,32,33). The van der Waals surface area contributed by atoms with Crippen LogP contribution in [0.5, 0.6) is 5.75 Å². The molecule has 0 aliphatic heterocycles. The van der Waals surface area contributed by atoms with Crippen LogP contribution in [0.4, 0.5) is 0 Å². The first-order valence-electron chi connectivity index (χ1n) is 11.3. The number of hydrogen-bond donors (Lipinski definition) is 4. The minimum absolute atomic E-state index is 0.0237. The number of ether oxygens (including phenoxy) is 1. The molecule has 3 aromatic carbocycles. The molecule has 194 valence electrons. The summed E-state index contributed by atoms with van der Waals surface area (Å²) < 4.78 is 33.5. The highest BCUT2D eigenvalue weighted by atomic mass is 32.2. The Kier molecular flexibility index (Phi) is 9.36. The van der Waals surface area contributed by atoms with Crippen molar-refractivity contribution in [3.63, 3.8) is 0 Å². The highest BCUT2D eigenvalue weighted by molar-refractivity contribution is 7.89. The van der Waals surface area contributed by atoms with Crippen molar-refractivity contribution in [1.29, 1.82) is 0 Å². The average molecular weight is 527 g/mol. The van der Waals surface area contributed by atoms with Crippen LogP contribution >= 0.6 is 0 Å². The monoisotopic (exact) mass is 526 g/mol. The van der Waals surface area contributed by atoms with Gasteiger partial charge in [-0.1, -0.05) is 54.6 Å². The average Bonchev–Trinajstić information content (AvgIpc) is 2.88. The molecule has 0 fully saturated rings. The predicted octanol–water partition coefficient (Wildman–Crippen LogP) is 2.62. The first kappa shape index (κ1) is 27.4. The third-order valence-electron chi connectivity index (χ3n) is 5.31. The van der Waals surface area contributed by atoms with Crippen LogP contribution < -0.4 is 14.8 Å². The molecule has 0 saturated carbocycles. The van der Waals surface area contributed by atoms with E-state index in [0.717, 1.165) is 11.6 Å². The summed E-state index contributed by atoms with van der Waals surface area (Å²) in [5.74, 6) is -3.34. The van der Waals surface area contributed by atoms with Crippen LogP contribution in [0.1, 0.15) is 33.9 Å². The van der Waals surface area contributed by atoms with Gasteiger partial charge < -0.3 is 20.3 Å². The lowest BCUT2D eigenvalue weighted by molar-refractivity contribution is -0.139. The van der Waals surface area contributed by atoms with Crippen LogP contribution in [0.15, 0.2) is 83.8 Å². The van der Waals surface area contributed by atoms with E-state index in [0.29, 0.717) is 13.0 Å². The summed E-state index contributed by atoms with van der Waals surface area (Å²) in [6, 6.07) is 19.7. The van der Waals surface area contributed by atoms with E-state index in [1.807, 2.05) is 30.3 Å². The first-order valence-corrected chi connectivity index (χ1v) is 12.7. The van der Waals surface area contributed by atoms with Gasteiger partial charge in [0.15, 0.2) is 6.61 Å². The fourth-order valence-electron chi connectivity index (χ4n) is 3.53. The van der Waals surface area contributed by atoms with E-state index in [2.05, 4.69) is 10.0 Å². The SMILES string of the molecule is O=C(O)COc1ccc(C(CC(=O)NCCc2ccccc2)NS(=O)(=O)c2ccccc2)cc1C(=O)O. The van der Waals surface area contributed by atoms with Crippen LogP contribution in [-0.2, 0) is 26.0 Å². The van der Waals surface area contributed by atoms with Gasteiger partial charge in [-0.15, -0.1) is 0 Å². The normalized spacial score (nSPS) is 11.9. The van der Waals surface area contributed by atoms with Crippen molar-refractivity contribution < 1.29 is 37.8 Å². The largest absolute Gasteiger partial charge is 0.481 e. The molecule has 0 heterocycles. The molecule has 1 atom stereocenters. The smallest absolute Gasteiger partial charge is 0.341 e. The Bertz CT molecular complexity index is 1350. The van der Waals surface area contributed by atoms with Crippen molar-refractivity contribution in [2.75, 3.05) is 13.2 Å². The molecule has 0 aliphatic carbocycles. The molecule has 0 aliphatic rings. The van der Waals surface area contributed by atoms with E-state index in [1.54, 1.807) is 18.2 Å². The molecular weight excluding hydrogens is 500 g/mol. The van der Waals surface area contributed by atoms with Gasteiger partial charge in [-0.2, -0.15) is 0 Å².